The molecule has 27 heavy (non-hydrogen) atoms. The van der Waals surface area contributed by atoms with Crippen LogP contribution in [0, 0.1) is 18.3 Å². The molecule has 0 saturated heterocycles. The van der Waals surface area contributed by atoms with E-state index in [2.05, 4.69) is 16.4 Å². The molecule has 0 aliphatic heterocycles. The average Bonchev–Trinajstić information content (AvgIpc) is 3.16. The molecule has 3 aromatic rings. The van der Waals surface area contributed by atoms with Crippen molar-refractivity contribution in [2.24, 2.45) is 0 Å². The zero-order valence-electron chi connectivity index (χ0n) is 15.0. The zero-order chi connectivity index (χ0) is 19.2. The fourth-order valence-electron chi connectivity index (χ4n) is 2.40. The SMILES string of the molecule is CCOc1ccc(-c2csc(/C(C#N)=C/Nc3ccc(C)c(Cl)c3)n2)cc1. The van der Waals surface area contributed by atoms with Gasteiger partial charge < -0.3 is 10.1 Å². The van der Waals surface area contributed by atoms with E-state index in [-0.39, 0.29) is 0 Å². The van der Waals surface area contributed by atoms with E-state index in [0.717, 1.165) is 28.3 Å². The molecular weight excluding hydrogens is 378 g/mol. The van der Waals surface area contributed by atoms with Crippen LogP contribution in [0.4, 0.5) is 5.69 Å². The number of ether oxygens (including phenoxy) is 1. The van der Waals surface area contributed by atoms with Gasteiger partial charge >= 0.3 is 0 Å². The van der Waals surface area contributed by atoms with Crippen molar-refractivity contribution in [1.82, 2.24) is 4.98 Å². The molecule has 136 valence electrons. The second kappa shape index (κ2) is 8.72. The van der Waals surface area contributed by atoms with Gasteiger partial charge in [-0.2, -0.15) is 5.26 Å². The zero-order valence-corrected chi connectivity index (χ0v) is 16.6. The van der Waals surface area contributed by atoms with Crippen molar-refractivity contribution in [3.05, 3.63) is 69.6 Å². The van der Waals surface area contributed by atoms with Crippen LogP contribution in [0.3, 0.4) is 0 Å². The van der Waals surface area contributed by atoms with Gasteiger partial charge in [-0.3, -0.25) is 0 Å². The molecule has 0 aliphatic carbocycles. The van der Waals surface area contributed by atoms with Crippen LogP contribution in [0.15, 0.2) is 54.0 Å². The minimum Gasteiger partial charge on any atom is -0.494 e. The van der Waals surface area contributed by atoms with Crippen molar-refractivity contribution in [2.75, 3.05) is 11.9 Å². The second-order valence-corrected chi connectivity index (χ2v) is 7.04. The molecule has 0 bridgehead atoms. The Morgan fingerprint density at radius 1 is 1.30 bits per heavy atom. The number of thiazole rings is 1. The number of hydrogen-bond acceptors (Lipinski definition) is 5. The molecular formula is C21H18ClN3OS. The van der Waals surface area contributed by atoms with E-state index in [9.17, 15) is 5.26 Å². The molecule has 0 spiro atoms. The van der Waals surface area contributed by atoms with E-state index in [1.165, 1.54) is 11.3 Å². The first kappa shape index (κ1) is 19.0. The maximum Gasteiger partial charge on any atom is 0.136 e. The van der Waals surface area contributed by atoms with E-state index in [1.54, 1.807) is 6.20 Å². The summed E-state index contributed by atoms with van der Waals surface area (Å²) in [5, 5.41) is 15.9. The number of nitrogens with one attached hydrogen (secondary N) is 1. The van der Waals surface area contributed by atoms with Gasteiger partial charge in [-0.1, -0.05) is 17.7 Å². The quantitative estimate of drug-likeness (QED) is 0.508. The number of halogens is 1. The fourth-order valence-corrected chi connectivity index (χ4v) is 3.37. The Balaban J connectivity index is 1.78. The van der Waals surface area contributed by atoms with Gasteiger partial charge in [0.15, 0.2) is 0 Å². The lowest BCUT2D eigenvalue weighted by molar-refractivity contribution is 0.340. The van der Waals surface area contributed by atoms with Crippen molar-refractivity contribution < 1.29 is 4.74 Å². The van der Waals surface area contributed by atoms with Crippen molar-refractivity contribution in [1.29, 1.82) is 5.26 Å². The number of hydrogen-bond donors (Lipinski definition) is 1. The number of aromatic nitrogens is 1. The largest absolute Gasteiger partial charge is 0.494 e. The van der Waals surface area contributed by atoms with Crippen molar-refractivity contribution in [3.63, 3.8) is 0 Å². The topological polar surface area (TPSA) is 57.9 Å². The van der Waals surface area contributed by atoms with E-state index in [0.29, 0.717) is 22.2 Å². The average molecular weight is 396 g/mol. The summed E-state index contributed by atoms with van der Waals surface area (Å²) in [5.74, 6) is 0.829. The van der Waals surface area contributed by atoms with Gasteiger partial charge in [0.25, 0.3) is 0 Å². The third kappa shape index (κ3) is 4.68. The van der Waals surface area contributed by atoms with Gasteiger partial charge in [0.1, 0.15) is 22.4 Å². The first-order valence-corrected chi connectivity index (χ1v) is 9.68. The minimum absolute atomic E-state index is 0.467. The van der Waals surface area contributed by atoms with Crippen LogP contribution in [0.1, 0.15) is 17.5 Å². The van der Waals surface area contributed by atoms with Gasteiger partial charge in [0.2, 0.25) is 0 Å². The maximum absolute atomic E-state index is 9.50. The van der Waals surface area contributed by atoms with Crippen LogP contribution in [0.25, 0.3) is 16.8 Å². The van der Waals surface area contributed by atoms with Crippen molar-refractivity contribution >= 4 is 34.2 Å². The summed E-state index contributed by atoms with van der Waals surface area (Å²) in [4.78, 5) is 4.59. The molecule has 0 amide bonds. The van der Waals surface area contributed by atoms with Crippen LogP contribution in [-0.4, -0.2) is 11.6 Å². The third-order valence-electron chi connectivity index (χ3n) is 3.87. The summed E-state index contributed by atoms with van der Waals surface area (Å²) in [7, 11) is 0. The molecule has 4 nitrogen and oxygen atoms in total. The van der Waals surface area contributed by atoms with Crippen LogP contribution in [0.5, 0.6) is 5.75 Å². The fraction of sp³-hybridized carbons (Fsp3) is 0.143. The molecule has 0 radical (unpaired) electrons. The smallest absolute Gasteiger partial charge is 0.136 e. The summed E-state index contributed by atoms with van der Waals surface area (Å²) >= 11 is 7.57. The van der Waals surface area contributed by atoms with Crippen LogP contribution >= 0.6 is 22.9 Å². The minimum atomic E-state index is 0.467. The highest BCUT2D eigenvalue weighted by atomic mass is 35.5. The predicted octanol–water partition coefficient (Wildman–Crippen LogP) is 6.15. The molecule has 0 fully saturated rings. The van der Waals surface area contributed by atoms with Gasteiger partial charge in [0.05, 0.1) is 12.3 Å². The molecule has 3 rings (SSSR count). The molecule has 1 aromatic heterocycles. The summed E-state index contributed by atoms with van der Waals surface area (Å²) < 4.78 is 5.46. The molecule has 2 aromatic carbocycles. The van der Waals surface area contributed by atoms with Crippen molar-refractivity contribution in [2.45, 2.75) is 13.8 Å². The Hall–Kier alpha value is -2.81. The highest BCUT2D eigenvalue weighted by Gasteiger charge is 2.09. The van der Waals surface area contributed by atoms with Crippen LogP contribution in [0.2, 0.25) is 5.02 Å². The number of allylic oxidation sites excluding steroid dienone is 1. The number of nitriles is 1. The number of aryl methyl sites for hydroxylation is 1. The lowest BCUT2D eigenvalue weighted by atomic mass is 10.2. The van der Waals surface area contributed by atoms with E-state index < -0.39 is 0 Å². The number of rotatable bonds is 6. The molecule has 0 atom stereocenters. The number of benzene rings is 2. The Bertz CT molecular complexity index is 1000. The van der Waals surface area contributed by atoms with Crippen LogP contribution in [-0.2, 0) is 0 Å². The normalized spacial score (nSPS) is 11.1. The summed E-state index contributed by atoms with van der Waals surface area (Å²) in [6.45, 7) is 4.53. The number of nitrogens with zero attached hydrogens (tertiary/aromatic N) is 2. The van der Waals surface area contributed by atoms with E-state index in [4.69, 9.17) is 16.3 Å². The number of anilines is 1. The predicted molar refractivity (Wildman–Crippen MR) is 112 cm³/mol. The lowest BCUT2D eigenvalue weighted by Gasteiger charge is -2.04. The third-order valence-corrected chi connectivity index (χ3v) is 5.15. The highest BCUT2D eigenvalue weighted by molar-refractivity contribution is 7.11. The first-order valence-electron chi connectivity index (χ1n) is 8.42. The van der Waals surface area contributed by atoms with Gasteiger partial charge in [-0.25, -0.2) is 4.98 Å². The summed E-state index contributed by atoms with van der Waals surface area (Å²) in [6.07, 6.45) is 1.65. The Kier molecular flexibility index (Phi) is 6.12. The van der Waals surface area contributed by atoms with Gasteiger partial charge in [0, 0.05) is 27.9 Å². The molecule has 1 N–H and O–H groups in total. The lowest BCUT2D eigenvalue weighted by Crippen LogP contribution is -1.92. The van der Waals surface area contributed by atoms with Crippen molar-refractivity contribution in [3.8, 4) is 23.1 Å². The first-order chi connectivity index (χ1) is 13.1. The highest BCUT2D eigenvalue weighted by Crippen LogP contribution is 2.28. The van der Waals surface area contributed by atoms with Gasteiger partial charge in [-0.05, 0) is 55.8 Å². The Morgan fingerprint density at radius 3 is 2.74 bits per heavy atom. The second-order valence-electron chi connectivity index (χ2n) is 5.77. The monoisotopic (exact) mass is 395 g/mol. The van der Waals surface area contributed by atoms with Gasteiger partial charge in [-0.15, -0.1) is 11.3 Å². The summed E-state index contributed by atoms with van der Waals surface area (Å²) in [5.41, 5.74) is 4.11. The molecule has 1 heterocycles. The Morgan fingerprint density at radius 2 is 2.07 bits per heavy atom. The summed E-state index contributed by atoms with van der Waals surface area (Å²) in [6, 6.07) is 15.6. The molecule has 6 heteroatoms. The Labute approximate surface area is 167 Å². The van der Waals surface area contributed by atoms with Crippen LogP contribution < -0.4 is 10.1 Å². The van der Waals surface area contributed by atoms with E-state index >= 15 is 0 Å². The standard InChI is InChI=1S/C21H18ClN3OS/c1-3-26-18-8-5-15(6-9-18)20-13-27-21(25-20)16(11-23)12-24-17-7-4-14(2)19(22)10-17/h4-10,12-13,24H,3H2,1-2H3/b16-12+. The maximum atomic E-state index is 9.50. The molecule has 0 saturated carbocycles. The van der Waals surface area contributed by atoms with E-state index in [1.807, 2.05) is 61.7 Å². The molecule has 0 unspecified atom stereocenters. The molecule has 0 aliphatic rings.